The molecule has 0 aliphatic rings. The zero-order valence-electron chi connectivity index (χ0n) is 13.6. The molecule has 6 nitrogen and oxygen atoms in total. The van der Waals surface area contributed by atoms with Crippen molar-refractivity contribution in [3.63, 3.8) is 0 Å². The van der Waals surface area contributed by atoms with Gasteiger partial charge in [-0.1, -0.05) is 6.58 Å². The molecule has 0 saturated heterocycles. The minimum atomic E-state index is -4.57. The molecule has 0 bridgehead atoms. The highest BCUT2D eigenvalue weighted by Crippen LogP contribution is 2.34. The van der Waals surface area contributed by atoms with Crippen LogP contribution in [0.4, 0.5) is 35.0 Å². The summed E-state index contributed by atoms with van der Waals surface area (Å²) in [6.07, 6.45) is -0.750. The third-order valence-corrected chi connectivity index (χ3v) is 3.55. The molecule has 0 radical (unpaired) electrons. The first-order valence-electron chi connectivity index (χ1n) is 7.45. The maximum Gasteiger partial charge on any atom is 0.421 e. The Morgan fingerprint density at radius 3 is 2.73 bits per heavy atom. The fourth-order valence-electron chi connectivity index (χ4n) is 2.49. The normalized spacial score (nSPS) is 11.6. The van der Waals surface area contributed by atoms with Crippen LogP contribution >= 0.6 is 0 Å². The zero-order valence-corrected chi connectivity index (χ0v) is 13.6. The lowest BCUT2D eigenvalue weighted by molar-refractivity contribution is -0.137. The average Bonchev–Trinajstić information content (AvgIpc) is 2.91. The average molecular weight is 366 g/mol. The number of halogens is 4. The largest absolute Gasteiger partial charge is 0.421 e. The summed E-state index contributed by atoms with van der Waals surface area (Å²) in [5, 5.41) is 5.90. The highest BCUT2D eigenvalue weighted by molar-refractivity contribution is 5.92. The van der Waals surface area contributed by atoms with E-state index >= 15 is 0 Å². The van der Waals surface area contributed by atoms with Crippen LogP contribution in [0, 0.1) is 0 Å². The minimum Gasteiger partial charge on any atom is -0.372 e. The van der Waals surface area contributed by atoms with Crippen LogP contribution in [0.1, 0.15) is 5.56 Å². The van der Waals surface area contributed by atoms with E-state index in [1.54, 1.807) is 24.5 Å². The van der Waals surface area contributed by atoms with Crippen molar-refractivity contribution < 1.29 is 17.6 Å². The molecule has 0 spiro atoms. The SMILES string of the molecule is C=C(F)Cn1cc(Nc2ncc(C(F)(F)F)c(NC)n2)c2cccnc21. The topological polar surface area (TPSA) is 67.7 Å². The number of nitrogens with one attached hydrogen (secondary N) is 2. The molecule has 0 amide bonds. The van der Waals surface area contributed by atoms with Gasteiger partial charge in [-0.25, -0.2) is 14.4 Å². The molecule has 3 aromatic heterocycles. The number of allylic oxidation sites excluding steroid dienone is 1. The van der Waals surface area contributed by atoms with Crippen LogP contribution < -0.4 is 10.6 Å². The van der Waals surface area contributed by atoms with Crippen LogP contribution in [0.2, 0.25) is 0 Å². The van der Waals surface area contributed by atoms with Crippen molar-refractivity contribution in [1.29, 1.82) is 0 Å². The Morgan fingerprint density at radius 1 is 1.31 bits per heavy atom. The molecule has 0 atom stereocenters. The van der Waals surface area contributed by atoms with Crippen LogP contribution in [0.3, 0.4) is 0 Å². The van der Waals surface area contributed by atoms with E-state index in [0.29, 0.717) is 22.9 Å². The summed E-state index contributed by atoms with van der Waals surface area (Å²) in [5.41, 5.74) is 0.00841. The van der Waals surface area contributed by atoms with Crippen molar-refractivity contribution in [3.05, 3.63) is 48.7 Å². The van der Waals surface area contributed by atoms with Gasteiger partial charge in [0.15, 0.2) is 0 Å². The number of anilines is 3. The van der Waals surface area contributed by atoms with Gasteiger partial charge in [0.25, 0.3) is 0 Å². The molecule has 0 unspecified atom stereocenters. The smallest absolute Gasteiger partial charge is 0.372 e. The molecule has 10 heteroatoms. The fourth-order valence-corrected chi connectivity index (χ4v) is 2.49. The highest BCUT2D eigenvalue weighted by Gasteiger charge is 2.35. The quantitative estimate of drug-likeness (QED) is 0.665. The van der Waals surface area contributed by atoms with E-state index in [9.17, 15) is 17.6 Å². The molecule has 136 valence electrons. The standard InChI is InChI=1S/C16H14F4N6/c1-9(17)7-26-8-12(10-4-3-5-22-14(10)26)24-15-23-6-11(16(18,19)20)13(21-2)25-15/h3-6,8H,1,7H2,2H3,(H2,21,23,24,25). The maximum absolute atomic E-state index is 13.2. The van der Waals surface area contributed by atoms with E-state index < -0.39 is 17.6 Å². The third-order valence-electron chi connectivity index (χ3n) is 3.55. The number of aromatic nitrogens is 4. The second-order valence-electron chi connectivity index (χ2n) is 5.39. The van der Waals surface area contributed by atoms with Gasteiger partial charge in [0.05, 0.1) is 12.2 Å². The second-order valence-corrected chi connectivity index (χ2v) is 5.39. The summed E-state index contributed by atoms with van der Waals surface area (Å²) in [7, 11) is 1.34. The predicted molar refractivity (Wildman–Crippen MR) is 89.8 cm³/mol. The molecule has 0 aliphatic heterocycles. The van der Waals surface area contributed by atoms with Crippen LogP contribution in [0.15, 0.2) is 43.1 Å². The molecule has 0 fully saturated rings. The number of pyridine rings is 1. The summed E-state index contributed by atoms with van der Waals surface area (Å²) in [6.45, 7) is 3.14. The van der Waals surface area contributed by atoms with Gasteiger partial charge in [0, 0.05) is 31.0 Å². The number of rotatable bonds is 5. The van der Waals surface area contributed by atoms with E-state index in [1.807, 2.05) is 0 Å². The lowest BCUT2D eigenvalue weighted by Crippen LogP contribution is -2.12. The Hall–Kier alpha value is -3.17. The van der Waals surface area contributed by atoms with Gasteiger partial charge in [-0.3, -0.25) is 0 Å². The van der Waals surface area contributed by atoms with Gasteiger partial charge in [0.1, 0.15) is 22.9 Å². The van der Waals surface area contributed by atoms with Gasteiger partial charge in [-0.2, -0.15) is 18.2 Å². The number of nitrogens with zero attached hydrogens (tertiary/aromatic N) is 4. The molecule has 3 aromatic rings. The molecule has 0 saturated carbocycles. The Morgan fingerprint density at radius 2 is 2.08 bits per heavy atom. The van der Waals surface area contributed by atoms with E-state index in [2.05, 4.69) is 32.2 Å². The van der Waals surface area contributed by atoms with Gasteiger partial charge < -0.3 is 15.2 Å². The first-order valence-corrected chi connectivity index (χ1v) is 7.45. The van der Waals surface area contributed by atoms with Crippen molar-refractivity contribution in [2.24, 2.45) is 0 Å². The van der Waals surface area contributed by atoms with Crippen LogP contribution in [-0.2, 0) is 12.7 Å². The summed E-state index contributed by atoms with van der Waals surface area (Å²) in [6, 6.07) is 3.43. The lowest BCUT2D eigenvalue weighted by Gasteiger charge is -2.12. The molecule has 2 N–H and O–H groups in total. The molecule has 26 heavy (non-hydrogen) atoms. The van der Waals surface area contributed by atoms with Crippen molar-refractivity contribution in [2.75, 3.05) is 17.7 Å². The Bertz CT molecular complexity index is 963. The number of alkyl halides is 3. The van der Waals surface area contributed by atoms with E-state index in [4.69, 9.17) is 0 Å². The summed E-state index contributed by atoms with van der Waals surface area (Å²) >= 11 is 0. The fraction of sp³-hybridized carbons (Fsp3) is 0.188. The zero-order chi connectivity index (χ0) is 18.9. The Kier molecular flexibility index (Phi) is 4.49. The summed E-state index contributed by atoms with van der Waals surface area (Å²) in [4.78, 5) is 11.8. The van der Waals surface area contributed by atoms with Gasteiger partial charge >= 0.3 is 6.18 Å². The first kappa shape index (κ1) is 17.6. The van der Waals surface area contributed by atoms with E-state index in [1.165, 1.54) is 11.6 Å². The van der Waals surface area contributed by atoms with E-state index in [-0.39, 0.29) is 18.3 Å². The third kappa shape index (κ3) is 3.44. The lowest BCUT2D eigenvalue weighted by atomic mass is 10.3. The maximum atomic E-state index is 13.2. The van der Waals surface area contributed by atoms with Crippen molar-refractivity contribution in [2.45, 2.75) is 12.7 Å². The molecule has 0 aliphatic carbocycles. The minimum absolute atomic E-state index is 0.0377. The first-order chi connectivity index (χ1) is 12.3. The summed E-state index contributed by atoms with van der Waals surface area (Å²) in [5.74, 6) is -0.944. The molecule has 3 rings (SSSR count). The molecule has 0 aromatic carbocycles. The van der Waals surface area contributed by atoms with Crippen molar-refractivity contribution in [1.82, 2.24) is 19.5 Å². The highest BCUT2D eigenvalue weighted by atomic mass is 19.4. The van der Waals surface area contributed by atoms with Crippen LogP contribution in [-0.4, -0.2) is 26.6 Å². The Balaban J connectivity index is 2.00. The summed E-state index contributed by atoms with van der Waals surface area (Å²) < 4.78 is 53.5. The molecule has 3 heterocycles. The number of fused-ring (bicyclic) bond motifs is 1. The number of hydrogen-bond acceptors (Lipinski definition) is 5. The van der Waals surface area contributed by atoms with E-state index in [0.717, 1.165) is 0 Å². The molecular weight excluding hydrogens is 352 g/mol. The van der Waals surface area contributed by atoms with Gasteiger partial charge in [-0.05, 0) is 12.1 Å². The number of hydrogen-bond donors (Lipinski definition) is 2. The molecular formula is C16H14F4N6. The van der Waals surface area contributed by atoms with Crippen LogP contribution in [0.25, 0.3) is 11.0 Å². The second kappa shape index (κ2) is 6.62. The van der Waals surface area contributed by atoms with Crippen molar-refractivity contribution >= 4 is 28.5 Å². The van der Waals surface area contributed by atoms with Gasteiger partial charge in [0.2, 0.25) is 5.95 Å². The monoisotopic (exact) mass is 366 g/mol. The van der Waals surface area contributed by atoms with Crippen LogP contribution in [0.5, 0.6) is 0 Å². The van der Waals surface area contributed by atoms with Crippen molar-refractivity contribution in [3.8, 4) is 0 Å². The predicted octanol–water partition coefficient (Wildman–Crippen LogP) is 4.11. The van der Waals surface area contributed by atoms with Gasteiger partial charge in [-0.15, -0.1) is 0 Å². The Labute approximate surface area is 145 Å².